The highest BCUT2D eigenvalue weighted by atomic mass is 35.5. The van der Waals surface area contributed by atoms with Gasteiger partial charge in [-0.1, -0.05) is 56.2 Å². The number of ether oxygens (including phenoxy) is 1. The molecule has 2 aliphatic rings. The Kier molecular flexibility index (Phi) is 8.28. The molecule has 0 amide bonds. The van der Waals surface area contributed by atoms with Gasteiger partial charge >= 0.3 is 0 Å². The SMILES string of the molecule is CC(/C=C/[C@@]1(C)[C@H](C)CC[C@@H](NC2CC2)[C@@H]1C)=C\Cc1c(O)c(C=O)c(C)c(Cl)c1OCF. The summed E-state index contributed by atoms with van der Waals surface area (Å²) in [6.45, 7) is 9.57. The van der Waals surface area contributed by atoms with Crippen LogP contribution in [0.1, 0.15) is 74.9 Å². The van der Waals surface area contributed by atoms with E-state index in [-0.39, 0.29) is 33.9 Å². The van der Waals surface area contributed by atoms with E-state index >= 15 is 0 Å². The fourth-order valence-corrected chi connectivity index (χ4v) is 5.29. The Morgan fingerprint density at radius 1 is 1.30 bits per heavy atom. The minimum absolute atomic E-state index is 0.0718. The second-order valence-electron chi connectivity index (χ2n) is 10.0. The molecular formula is C27H37ClFNO3. The Balaban J connectivity index is 1.82. The standard InChI is InChI=1S/C27H37ClFNO3/c1-16(6-10-21-25(32)22(14-31)18(3)24(28)26(21)33-15-29)12-13-27(5)17(2)7-11-23(19(27)4)30-20-8-9-20/h6,12-14,17,19-20,23,30,32H,7-11,15H2,1-5H3/b13-12+,16-6+/t17-,19+,23-,27+/m1/s1. The highest BCUT2D eigenvalue weighted by Crippen LogP contribution is 2.47. The number of hydrogen-bond acceptors (Lipinski definition) is 4. The minimum Gasteiger partial charge on any atom is -0.507 e. The molecule has 33 heavy (non-hydrogen) atoms. The monoisotopic (exact) mass is 477 g/mol. The van der Waals surface area contributed by atoms with Crippen LogP contribution in [0.2, 0.25) is 5.02 Å². The maximum atomic E-state index is 13.0. The molecule has 3 rings (SSSR count). The first-order valence-electron chi connectivity index (χ1n) is 11.9. The largest absolute Gasteiger partial charge is 0.507 e. The number of phenolic OH excluding ortho intramolecular Hbond substituents is 1. The van der Waals surface area contributed by atoms with Gasteiger partial charge in [0.25, 0.3) is 0 Å². The van der Waals surface area contributed by atoms with E-state index in [9.17, 15) is 14.3 Å². The number of nitrogens with one attached hydrogen (secondary N) is 1. The number of allylic oxidation sites excluding steroid dienone is 4. The van der Waals surface area contributed by atoms with Crippen molar-refractivity contribution in [3.63, 3.8) is 0 Å². The summed E-state index contributed by atoms with van der Waals surface area (Å²) < 4.78 is 18.1. The molecule has 0 saturated heterocycles. The summed E-state index contributed by atoms with van der Waals surface area (Å²) in [6, 6.07) is 1.24. The molecule has 0 radical (unpaired) electrons. The van der Waals surface area contributed by atoms with Crippen LogP contribution in [0.3, 0.4) is 0 Å². The second-order valence-corrected chi connectivity index (χ2v) is 10.4. The molecule has 2 saturated carbocycles. The third kappa shape index (κ3) is 5.46. The number of carbonyl (C=O) groups excluding carboxylic acids is 1. The average molecular weight is 478 g/mol. The third-order valence-corrected chi connectivity index (χ3v) is 8.44. The topological polar surface area (TPSA) is 58.6 Å². The number of aldehydes is 1. The van der Waals surface area contributed by atoms with Gasteiger partial charge in [-0.15, -0.1) is 0 Å². The van der Waals surface area contributed by atoms with Crippen molar-refractivity contribution in [1.29, 1.82) is 0 Å². The van der Waals surface area contributed by atoms with Crippen LogP contribution in [0.4, 0.5) is 4.39 Å². The van der Waals surface area contributed by atoms with Crippen molar-refractivity contribution in [3.8, 4) is 11.5 Å². The smallest absolute Gasteiger partial charge is 0.228 e. The van der Waals surface area contributed by atoms with E-state index in [0.717, 1.165) is 5.57 Å². The molecule has 2 fully saturated rings. The van der Waals surface area contributed by atoms with Crippen LogP contribution in [-0.2, 0) is 6.42 Å². The van der Waals surface area contributed by atoms with Crippen molar-refractivity contribution in [2.45, 2.75) is 78.8 Å². The molecule has 1 aromatic rings. The predicted molar refractivity (Wildman–Crippen MR) is 132 cm³/mol. The van der Waals surface area contributed by atoms with Crippen LogP contribution < -0.4 is 10.1 Å². The van der Waals surface area contributed by atoms with E-state index in [1.54, 1.807) is 6.92 Å². The molecule has 0 spiro atoms. The van der Waals surface area contributed by atoms with E-state index < -0.39 is 6.86 Å². The number of alkyl halides is 1. The highest BCUT2D eigenvalue weighted by Gasteiger charge is 2.43. The number of benzene rings is 1. The highest BCUT2D eigenvalue weighted by molar-refractivity contribution is 6.33. The molecule has 182 valence electrons. The fourth-order valence-electron chi connectivity index (χ4n) is 5.02. The van der Waals surface area contributed by atoms with E-state index in [2.05, 4.69) is 38.2 Å². The van der Waals surface area contributed by atoms with Crippen molar-refractivity contribution < 1.29 is 19.0 Å². The van der Waals surface area contributed by atoms with Crippen molar-refractivity contribution in [2.24, 2.45) is 17.3 Å². The zero-order valence-corrected chi connectivity index (χ0v) is 21.1. The lowest BCUT2D eigenvalue weighted by Gasteiger charge is -2.48. The van der Waals surface area contributed by atoms with Crippen LogP contribution in [-0.4, -0.2) is 30.3 Å². The number of aromatic hydroxyl groups is 1. The second kappa shape index (κ2) is 10.6. The average Bonchev–Trinajstić information content (AvgIpc) is 3.61. The summed E-state index contributed by atoms with van der Waals surface area (Å²) in [5.74, 6) is 0.973. The first-order chi connectivity index (χ1) is 15.6. The lowest BCUT2D eigenvalue weighted by molar-refractivity contribution is 0.0785. The molecule has 4 nitrogen and oxygen atoms in total. The van der Waals surface area contributed by atoms with Crippen LogP contribution in [0, 0.1) is 24.2 Å². The molecule has 0 unspecified atom stereocenters. The van der Waals surface area contributed by atoms with Crippen LogP contribution >= 0.6 is 11.6 Å². The molecular weight excluding hydrogens is 441 g/mol. The lowest BCUT2D eigenvalue weighted by Crippen LogP contribution is -2.49. The van der Waals surface area contributed by atoms with Gasteiger partial charge in [0.1, 0.15) is 11.5 Å². The molecule has 0 aliphatic heterocycles. The van der Waals surface area contributed by atoms with Crippen LogP contribution in [0.25, 0.3) is 0 Å². The quantitative estimate of drug-likeness (QED) is 0.306. The molecule has 0 bridgehead atoms. The summed E-state index contributed by atoms with van der Waals surface area (Å²) in [4.78, 5) is 11.5. The number of carbonyl (C=O) groups is 1. The van der Waals surface area contributed by atoms with Crippen LogP contribution in [0.15, 0.2) is 23.8 Å². The number of rotatable bonds is 9. The van der Waals surface area contributed by atoms with E-state index in [4.69, 9.17) is 16.3 Å². The maximum Gasteiger partial charge on any atom is 0.228 e. The molecule has 2 N–H and O–H groups in total. The van der Waals surface area contributed by atoms with Gasteiger partial charge < -0.3 is 15.2 Å². The normalized spacial score (nSPS) is 28.3. The molecule has 0 heterocycles. The van der Waals surface area contributed by atoms with Gasteiger partial charge in [-0.05, 0) is 68.8 Å². The van der Waals surface area contributed by atoms with Gasteiger partial charge in [0.15, 0.2) is 6.29 Å². The lowest BCUT2D eigenvalue weighted by atomic mass is 9.60. The Morgan fingerprint density at radius 2 is 2.00 bits per heavy atom. The summed E-state index contributed by atoms with van der Waals surface area (Å²) in [7, 11) is 0. The van der Waals surface area contributed by atoms with Crippen molar-refractivity contribution >= 4 is 17.9 Å². The molecule has 1 aromatic carbocycles. The first kappa shape index (κ1) is 25.8. The van der Waals surface area contributed by atoms with Crippen molar-refractivity contribution in [1.82, 2.24) is 5.32 Å². The zero-order chi connectivity index (χ0) is 24.3. The Morgan fingerprint density at radius 3 is 2.61 bits per heavy atom. The minimum atomic E-state index is -1.07. The molecule has 2 aliphatic carbocycles. The Hall–Kier alpha value is -1.85. The summed E-state index contributed by atoms with van der Waals surface area (Å²) in [5.41, 5.74) is 1.89. The Labute approximate surface area is 202 Å². The molecule has 4 atom stereocenters. The molecule has 0 aromatic heterocycles. The fraction of sp³-hybridized carbons (Fsp3) is 0.593. The Bertz CT molecular complexity index is 940. The van der Waals surface area contributed by atoms with E-state index in [1.807, 2.05) is 13.0 Å². The van der Waals surface area contributed by atoms with Crippen molar-refractivity contribution in [3.05, 3.63) is 45.5 Å². The zero-order valence-electron chi connectivity index (χ0n) is 20.4. The number of hydrogen-bond donors (Lipinski definition) is 2. The van der Waals surface area contributed by atoms with Gasteiger partial charge in [-0.3, -0.25) is 4.79 Å². The summed E-state index contributed by atoms with van der Waals surface area (Å²) in [5, 5.41) is 14.6. The number of halogens is 2. The first-order valence-corrected chi connectivity index (χ1v) is 12.3. The van der Waals surface area contributed by atoms with E-state index in [0.29, 0.717) is 41.3 Å². The number of phenols is 1. The van der Waals surface area contributed by atoms with Gasteiger partial charge in [0, 0.05) is 17.6 Å². The van der Waals surface area contributed by atoms with Gasteiger partial charge in [0.05, 0.1) is 10.6 Å². The van der Waals surface area contributed by atoms with Gasteiger partial charge in [-0.25, -0.2) is 4.39 Å². The van der Waals surface area contributed by atoms with Crippen molar-refractivity contribution in [2.75, 3.05) is 6.86 Å². The third-order valence-electron chi connectivity index (χ3n) is 7.98. The van der Waals surface area contributed by atoms with Gasteiger partial charge in [0.2, 0.25) is 6.86 Å². The summed E-state index contributed by atoms with van der Waals surface area (Å²) in [6.07, 6.45) is 12.3. The predicted octanol–water partition coefficient (Wildman–Crippen LogP) is 6.71. The summed E-state index contributed by atoms with van der Waals surface area (Å²) >= 11 is 6.31. The maximum absolute atomic E-state index is 13.0. The molecule has 6 heteroatoms. The van der Waals surface area contributed by atoms with Crippen LogP contribution in [0.5, 0.6) is 11.5 Å². The van der Waals surface area contributed by atoms with Gasteiger partial charge in [-0.2, -0.15) is 0 Å². The van der Waals surface area contributed by atoms with E-state index in [1.165, 1.54) is 25.7 Å².